The van der Waals surface area contributed by atoms with Gasteiger partial charge in [0.05, 0.1) is 29.6 Å². The number of hydrogen-bond acceptors (Lipinski definition) is 4. The highest BCUT2D eigenvalue weighted by molar-refractivity contribution is 7.91. The van der Waals surface area contributed by atoms with E-state index in [2.05, 4.69) is 4.98 Å². The standard InChI is InChI=1S/C13H15FN2O3S2/c1-19-12-7-11-10(6-9(12)14)15-13(20)16(11)8-2-4-21(17,18)5-3-8/h6-8H,2-5H2,1H3,(H,15,20). The molecule has 8 heteroatoms. The van der Waals surface area contributed by atoms with Crippen LogP contribution in [0.5, 0.6) is 5.75 Å². The summed E-state index contributed by atoms with van der Waals surface area (Å²) < 4.78 is 44.2. The first-order valence-corrected chi connectivity index (χ1v) is 8.82. The summed E-state index contributed by atoms with van der Waals surface area (Å²) in [5, 5.41) is 0. The van der Waals surface area contributed by atoms with Crippen LogP contribution in [0.1, 0.15) is 18.9 Å². The van der Waals surface area contributed by atoms with Crippen LogP contribution >= 0.6 is 12.2 Å². The number of aromatic nitrogens is 2. The molecule has 5 nitrogen and oxygen atoms in total. The molecule has 0 radical (unpaired) electrons. The Hall–Kier alpha value is -1.41. The molecule has 2 heterocycles. The number of imidazole rings is 1. The number of hydrogen-bond donors (Lipinski definition) is 1. The minimum Gasteiger partial charge on any atom is -0.494 e. The summed E-state index contributed by atoms with van der Waals surface area (Å²) in [5.74, 6) is 0.00261. The summed E-state index contributed by atoms with van der Waals surface area (Å²) in [4.78, 5) is 2.97. The van der Waals surface area contributed by atoms with Crippen LogP contribution in [0.15, 0.2) is 12.1 Å². The van der Waals surface area contributed by atoms with Gasteiger partial charge in [0.2, 0.25) is 0 Å². The molecule has 1 fully saturated rings. The Kier molecular flexibility index (Phi) is 3.53. The van der Waals surface area contributed by atoms with Gasteiger partial charge in [0, 0.05) is 18.2 Å². The zero-order valence-corrected chi connectivity index (χ0v) is 13.1. The Morgan fingerprint density at radius 1 is 1.38 bits per heavy atom. The van der Waals surface area contributed by atoms with Crippen molar-refractivity contribution in [1.29, 1.82) is 0 Å². The Labute approximate surface area is 126 Å². The zero-order chi connectivity index (χ0) is 15.2. The number of ether oxygens (including phenoxy) is 1. The summed E-state index contributed by atoms with van der Waals surface area (Å²) >= 11 is 5.31. The van der Waals surface area contributed by atoms with Crippen molar-refractivity contribution in [3.8, 4) is 5.75 Å². The van der Waals surface area contributed by atoms with Gasteiger partial charge in [-0.15, -0.1) is 0 Å². The quantitative estimate of drug-likeness (QED) is 0.860. The van der Waals surface area contributed by atoms with Crippen LogP contribution in [0.4, 0.5) is 4.39 Å². The predicted octanol–water partition coefficient (Wildman–Crippen LogP) is 2.60. The van der Waals surface area contributed by atoms with E-state index in [1.807, 2.05) is 4.57 Å². The molecule has 1 N–H and O–H groups in total. The number of nitrogens with zero attached hydrogens (tertiary/aromatic N) is 1. The van der Waals surface area contributed by atoms with Gasteiger partial charge in [0.1, 0.15) is 9.84 Å². The lowest BCUT2D eigenvalue weighted by molar-refractivity contribution is 0.386. The molecule has 0 unspecified atom stereocenters. The minimum atomic E-state index is -2.93. The summed E-state index contributed by atoms with van der Waals surface area (Å²) in [6.07, 6.45) is 1.03. The van der Waals surface area contributed by atoms with Crippen LogP contribution in [-0.2, 0) is 9.84 Å². The second-order valence-corrected chi connectivity index (χ2v) is 7.88. The summed E-state index contributed by atoms with van der Waals surface area (Å²) in [5.41, 5.74) is 1.33. The van der Waals surface area contributed by atoms with Crippen molar-refractivity contribution in [1.82, 2.24) is 9.55 Å². The lowest BCUT2D eigenvalue weighted by Gasteiger charge is -2.24. The highest BCUT2D eigenvalue weighted by atomic mass is 32.2. The second-order valence-electron chi connectivity index (χ2n) is 5.19. The van der Waals surface area contributed by atoms with Crippen molar-refractivity contribution in [3.63, 3.8) is 0 Å². The molecule has 1 aromatic heterocycles. The van der Waals surface area contributed by atoms with Crippen LogP contribution in [-0.4, -0.2) is 36.6 Å². The van der Waals surface area contributed by atoms with Crippen molar-refractivity contribution in [2.24, 2.45) is 0 Å². The van der Waals surface area contributed by atoms with Crippen molar-refractivity contribution in [3.05, 3.63) is 22.7 Å². The summed E-state index contributed by atoms with van der Waals surface area (Å²) in [7, 11) is -1.53. The Balaban J connectivity index is 2.10. The van der Waals surface area contributed by atoms with Gasteiger partial charge in [-0.1, -0.05) is 0 Å². The Morgan fingerprint density at radius 2 is 2.05 bits per heavy atom. The van der Waals surface area contributed by atoms with E-state index in [-0.39, 0.29) is 23.3 Å². The highest BCUT2D eigenvalue weighted by Crippen LogP contribution is 2.31. The van der Waals surface area contributed by atoms with Gasteiger partial charge in [-0.2, -0.15) is 0 Å². The maximum atomic E-state index is 13.7. The molecule has 1 aliphatic rings. The van der Waals surface area contributed by atoms with Crippen LogP contribution < -0.4 is 4.74 Å². The van der Waals surface area contributed by atoms with Gasteiger partial charge >= 0.3 is 0 Å². The number of methoxy groups -OCH3 is 1. The average Bonchev–Trinajstić information content (AvgIpc) is 2.73. The van der Waals surface area contributed by atoms with E-state index >= 15 is 0 Å². The van der Waals surface area contributed by atoms with E-state index < -0.39 is 15.7 Å². The molecule has 3 rings (SSSR count). The van der Waals surface area contributed by atoms with Gasteiger partial charge in [0.25, 0.3) is 0 Å². The molecule has 21 heavy (non-hydrogen) atoms. The lowest BCUT2D eigenvalue weighted by atomic mass is 10.1. The third-order valence-corrected chi connectivity index (χ3v) is 5.89. The number of H-pyrrole nitrogens is 1. The van der Waals surface area contributed by atoms with E-state index in [9.17, 15) is 12.8 Å². The minimum absolute atomic E-state index is 0.00458. The molecule has 0 bridgehead atoms. The van der Waals surface area contributed by atoms with E-state index in [1.165, 1.54) is 13.2 Å². The van der Waals surface area contributed by atoms with Gasteiger partial charge in [-0.3, -0.25) is 0 Å². The molecule has 0 spiro atoms. The summed E-state index contributed by atoms with van der Waals surface area (Å²) in [6.45, 7) is 0. The van der Waals surface area contributed by atoms with Crippen molar-refractivity contribution in [2.75, 3.05) is 18.6 Å². The van der Waals surface area contributed by atoms with Crippen LogP contribution in [0, 0.1) is 10.6 Å². The predicted molar refractivity (Wildman–Crippen MR) is 80.6 cm³/mol. The maximum Gasteiger partial charge on any atom is 0.178 e. The van der Waals surface area contributed by atoms with Crippen molar-refractivity contribution in [2.45, 2.75) is 18.9 Å². The largest absolute Gasteiger partial charge is 0.494 e. The van der Waals surface area contributed by atoms with Crippen molar-refractivity contribution < 1.29 is 17.5 Å². The zero-order valence-electron chi connectivity index (χ0n) is 11.4. The number of sulfone groups is 1. The molecule has 0 amide bonds. The molecule has 0 atom stereocenters. The molecule has 0 saturated carbocycles. The van der Waals surface area contributed by atoms with Gasteiger partial charge < -0.3 is 14.3 Å². The van der Waals surface area contributed by atoms with Crippen LogP contribution in [0.3, 0.4) is 0 Å². The van der Waals surface area contributed by atoms with Crippen molar-refractivity contribution >= 4 is 33.1 Å². The molecule has 1 aliphatic heterocycles. The molecular formula is C13H15FN2O3S2. The second kappa shape index (κ2) is 5.10. The molecule has 1 saturated heterocycles. The highest BCUT2D eigenvalue weighted by Gasteiger charge is 2.26. The van der Waals surface area contributed by atoms with E-state index in [0.29, 0.717) is 23.1 Å². The molecule has 1 aromatic carbocycles. The average molecular weight is 330 g/mol. The number of benzene rings is 1. The van der Waals surface area contributed by atoms with E-state index in [0.717, 1.165) is 5.52 Å². The molecule has 0 aliphatic carbocycles. The number of halogens is 1. The first-order valence-electron chi connectivity index (χ1n) is 6.59. The third-order valence-electron chi connectivity index (χ3n) is 3.88. The van der Waals surface area contributed by atoms with E-state index in [4.69, 9.17) is 17.0 Å². The lowest BCUT2D eigenvalue weighted by Crippen LogP contribution is -2.25. The Morgan fingerprint density at radius 3 is 2.67 bits per heavy atom. The number of rotatable bonds is 2. The topological polar surface area (TPSA) is 64.1 Å². The van der Waals surface area contributed by atoms with Gasteiger partial charge in [0.15, 0.2) is 16.3 Å². The van der Waals surface area contributed by atoms with Crippen LogP contribution in [0.2, 0.25) is 0 Å². The molecule has 114 valence electrons. The normalized spacial score (nSPS) is 19.0. The smallest absolute Gasteiger partial charge is 0.178 e. The van der Waals surface area contributed by atoms with Gasteiger partial charge in [-0.05, 0) is 25.1 Å². The third kappa shape index (κ3) is 2.57. The fourth-order valence-electron chi connectivity index (χ4n) is 2.78. The maximum absolute atomic E-state index is 13.7. The first kappa shape index (κ1) is 14.5. The monoisotopic (exact) mass is 330 g/mol. The fraction of sp³-hybridized carbons (Fsp3) is 0.462. The summed E-state index contributed by atoms with van der Waals surface area (Å²) in [6, 6.07) is 2.95. The van der Waals surface area contributed by atoms with E-state index in [1.54, 1.807) is 6.07 Å². The number of nitrogens with one attached hydrogen (secondary N) is 1. The molecule has 2 aromatic rings. The van der Waals surface area contributed by atoms with Gasteiger partial charge in [-0.25, -0.2) is 12.8 Å². The number of fused-ring (bicyclic) bond motifs is 1. The fourth-order valence-corrected chi connectivity index (χ4v) is 4.61. The first-order chi connectivity index (χ1) is 9.91. The molecular weight excluding hydrogens is 315 g/mol. The number of aromatic amines is 1. The Bertz CT molecular complexity index is 840. The van der Waals surface area contributed by atoms with Crippen LogP contribution in [0.25, 0.3) is 11.0 Å². The SMILES string of the molecule is COc1cc2c(cc1F)[nH]c(=S)n2C1CCS(=O)(=O)CC1.